The zero-order chi connectivity index (χ0) is 22.9. The van der Waals surface area contributed by atoms with Crippen molar-refractivity contribution in [2.75, 3.05) is 25.9 Å². The summed E-state index contributed by atoms with van der Waals surface area (Å²) in [5, 5.41) is 25.2. The van der Waals surface area contributed by atoms with Crippen LogP contribution in [-0.2, 0) is 14.4 Å². The molecule has 172 valence electrons. The molecule has 0 aromatic heterocycles. The van der Waals surface area contributed by atoms with Gasteiger partial charge in [-0.3, -0.25) is 9.59 Å². The number of carbonyl (C=O) groups is 3. The van der Waals surface area contributed by atoms with Crippen LogP contribution in [0, 0.1) is 11.8 Å². The van der Waals surface area contributed by atoms with Crippen molar-refractivity contribution < 1.29 is 24.6 Å². The Hall–Kier alpha value is -1.49. The normalized spacial score (nSPS) is 31.2. The number of hydrogen-bond acceptors (Lipinski definition) is 7. The zero-order valence-electron chi connectivity index (χ0n) is 18.3. The second-order valence-electron chi connectivity index (χ2n) is 8.34. The van der Waals surface area contributed by atoms with Gasteiger partial charge in [0.25, 0.3) is 0 Å². The molecule has 10 heteroatoms. The first-order chi connectivity index (χ1) is 14.7. The van der Waals surface area contributed by atoms with Gasteiger partial charge in [0, 0.05) is 54.1 Å². The lowest BCUT2D eigenvalue weighted by Crippen LogP contribution is -2.63. The number of rotatable bonds is 9. The van der Waals surface area contributed by atoms with Gasteiger partial charge in [0.15, 0.2) is 0 Å². The summed E-state index contributed by atoms with van der Waals surface area (Å²) in [6.45, 7) is 6.90. The monoisotopic (exact) mass is 469 g/mol. The van der Waals surface area contributed by atoms with E-state index in [1.165, 1.54) is 4.90 Å². The average Bonchev–Trinajstić information content (AvgIpc) is 3.25. The number of aliphatic carboxylic acids is 1. The Bertz CT molecular complexity index is 800. The molecule has 2 amide bonds. The van der Waals surface area contributed by atoms with E-state index in [9.17, 15) is 24.6 Å². The van der Waals surface area contributed by atoms with Crippen LogP contribution < -0.4 is 5.32 Å². The highest BCUT2D eigenvalue weighted by atomic mass is 32.2. The molecule has 0 saturated carbocycles. The van der Waals surface area contributed by atoms with Gasteiger partial charge in [-0.1, -0.05) is 6.92 Å². The minimum atomic E-state index is -1.08. The summed E-state index contributed by atoms with van der Waals surface area (Å²) < 4.78 is 0. The Labute approximate surface area is 191 Å². The van der Waals surface area contributed by atoms with E-state index in [1.54, 1.807) is 48.5 Å². The number of fused-ring (bicyclic) bond motifs is 1. The van der Waals surface area contributed by atoms with Crippen molar-refractivity contribution in [3.05, 3.63) is 22.1 Å². The Balaban J connectivity index is 1.57. The maximum atomic E-state index is 12.4. The minimum absolute atomic E-state index is 0.0131. The van der Waals surface area contributed by atoms with Crippen LogP contribution in [0.1, 0.15) is 27.2 Å². The van der Waals surface area contributed by atoms with Gasteiger partial charge >= 0.3 is 5.97 Å². The van der Waals surface area contributed by atoms with Crippen molar-refractivity contribution in [3.8, 4) is 0 Å². The number of nitrogens with one attached hydrogen (secondary N) is 1. The fraction of sp³-hybridized carbons (Fsp3) is 0.667. The first-order valence-electron chi connectivity index (χ1n) is 10.6. The van der Waals surface area contributed by atoms with Gasteiger partial charge < -0.3 is 25.3 Å². The Morgan fingerprint density at radius 2 is 2.13 bits per heavy atom. The summed E-state index contributed by atoms with van der Waals surface area (Å²) >= 11 is 3.14. The average molecular weight is 470 g/mol. The number of hydrogen-bond donors (Lipinski definition) is 3. The van der Waals surface area contributed by atoms with Gasteiger partial charge in [0.1, 0.15) is 5.70 Å². The van der Waals surface area contributed by atoms with Gasteiger partial charge in [0.05, 0.1) is 18.1 Å². The Morgan fingerprint density at radius 3 is 2.74 bits per heavy atom. The van der Waals surface area contributed by atoms with E-state index in [-0.39, 0.29) is 40.8 Å². The maximum Gasteiger partial charge on any atom is 0.353 e. The van der Waals surface area contributed by atoms with Gasteiger partial charge in [0.2, 0.25) is 11.8 Å². The van der Waals surface area contributed by atoms with Crippen LogP contribution in [0.2, 0.25) is 0 Å². The standard InChI is InChI=1S/C21H31N3O5S2/c1-5-23(4)15(26)6-7-30-10-13-8-14(9-22-13)31-19-11(2)17-16(12(3)25)20(27)24(17)18(19)21(28)29/h6-7,11-14,16-17,22,25H,5,8-10H2,1-4H3,(H,28,29)/b7-6+/t11-,12-,13+,14+,16-,17?/m1/s1. The van der Waals surface area contributed by atoms with Gasteiger partial charge in [-0.05, 0) is 25.7 Å². The molecular formula is C21H31N3O5S2. The maximum absolute atomic E-state index is 12.4. The van der Waals surface area contributed by atoms with E-state index in [1.807, 2.05) is 19.3 Å². The van der Waals surface area contributed by atoms with Crippen molar-refractivity contribution in [2.45, 2.75) is 50.6 Å². The predicted octanol–water partition coefficient (Wildman–Crippen LogP) is 1.33. The van der Waals surface area contributed by atoms with Crippen LogP contribution >= 0.6 is 23.5 Å². The quantitative estimate of drug-likeness (QED) is 0.343. The molecule has 3 rings (SSSR count). The molecule has 0 bridgehead atoms. The third kappa shape index (κ3) is 4.81. The van der Waals surface area contributed by atoms with E-state index < -0.39 is 18.0 Å². The molecule has 2 fully saturated rings. The molecule has 3 N–H and O–H groups in total. The van der Waals surface area contributed by atoms with E-state index in [0.29, 0.717) is 6.54 Å². The van der Waals surface area contributed by atoms with Crippen molar-refractivity contribution in [1.29, 1.82) is 0 Å². The summed E-state index contributed by atoms with van der Waals surface area (Å²) in [6, 6.07) is 0.00589. The highest BCUT2D eigenvalue weighted by Gasteiger charge is 2.60. The molecule has 0 aromatic carbocycles. The molecule has 3 heterocycles. The Morgan fingerprint density at radius 1 is 1.42 bits per heavy atom. The molecule has 31 heavy (non-hydrogen) atoms. The molecular weight excluding hydrogens is 438 g/mol. The van der Waals surface area contributed by atoms with Gasteiger partial charge in [-0.25, -0.2) is 4.79 Å². The van der Waals surface area contributed by atoms with Gasteiger partial charge in [-0.15, -0.1) is 23.5 Å². The topological polar surface area (TPSA) is 110 Å². The minimum Gasteiger partial charge on any atom is -0.477 e. The Kier molecular flexibility index (Phi) is 7.77. The highest BCUT2D eigenvalue weighted by Crippen LogP contribution is 2.51. The highest BCUT2D eigenvalue weighted by molar-refractivity contribution is 8.03. The molecule has 3 aliphatic rings. The molecule has 0 aromatic rings. The molecule has 0 spiro atoms. The molecule has 0 aliphatic carbocycles. The third-order valence-corrected chi connectivity index (χ3v) is 8.68. The fourth-order valence-corrected chi connectivity index (χ4v) is 6.75. The number of aliphatic hydroxyl groups excluding tert-OH is 1. The van der Waals surface area contributed by atoms with Crippen LogP contribution in [0.4, 0.5) is 0 Å². The van der Waals surface area contributed by atoms with Crippen LogP contribution in [0.25, 0.3) is 0 Å². The number of carboxylic acid groups (broad SMARTS) is 1. The van der Waals surface area contributed by atoms with Crippen LogP contribution in [0.15, 0.2) is 22.1 Å². The molecule has 1 unspecified atom stereocenters. The SMILES string of the molecule is CCN(C)C(=O)/C=C/SC[C@@H]1C[C@H](SC2=C(C(=O)O)N3C(=O)[C@H]([C@@H](C)O)C3[C@H]2C)CN1. The number of carboxylic acids is 1. The zero-order valence-corrected chi connectivity index (χ0v) is 19.9. The number of nitrogens with zero attached hydrogens (tertiary/aromatic N) is 2. The summed E-state index contributed by atoms with van der Waals surface area (Å²) in [5.41, 5.74) is 0.0868. The molecule has 6 atom stereocenters. The predicted molar refractivity (Wildman–Crippen MR) is 122 cm³/mol. The van der Waals surface area contributed by atoms with E-state index >= 15 is 0 Å². The second kappa shape index (κ2) is 9.97. The second-order valence-corrected chi connectivity index (χ2v) is 10.6. The number of β-lactam (4-membered cyclic amide) rings is 1. The molecule has 2 saturated heterocycles. The lowest BCUT2D eigenvalue weighted by molar-refractivity contribution is -0.163. The van der Waals surface area contributed by atoms with Crippen LogP contribution in [0.5, 0.6) is 0 Å². The van der Waals surface area contributed by atoms with Crippen LogP contribution in [0.3, 0.4) is 0 Å². The van der Waals surface area contributed by atoms with Crippen molar-refractivity contribution >= 4 is 41.3 Å². The van der Waals surface area contributed by atoms with Crippen molar-refractivity contribution in [2.24, 2.45) is 11.8 Å². The van der Waals surface area contributed by atoms with Crippen molar-refractivity contribution in [1.82, 2.24) is 15.1 Å². The largest absolute Gasteiger partial charge is 0.477 e. The molecule has 0 radical (unpaired) electrons. The summed E-state index contributed by atoms with van der Waals surface area (Å²) in [4.78, 5) is 39.9. The summed E-state index contributed by atoms with van der Waals surface area (Å²) in [5.74, 6) is -1.20. The van der Waals surface area contributed by atoms with Crippen molar-refractivity contribution in [3.63, 3.8) is 0 Å². The van der Waals surface area contributed by atoms with E-state index in [0.717, 1.165) is 23.6 Å². The van der Waals surface area contributed by atoms with Crippen LogP contribution in [-0.4, -0.2) is 87.1 Å². The molecule has 3 aliphatic heterocycles. The summed E-state index contributed by atoms with van der Waals surface area (Å²) in [6.07, 6.45) is 1.68. The number of amides is 2. The molecule has 8 nitrogen and oxygen atoms in total. The lowest BCUT2D eigenvalue weighted by atomic mass is 9.79. The lowest BCUT2D eigenvalue weighted by Gasteiger charge is -2.46. The van der Waals surface area contributed by atoms with E-state index in [2.05, 4.69) is 5.32 Å². The number of likely N-dealkylation sites (N-methyl/N-ethyl adjacent to an activating group) is 1. The van der Waals surface area contributed by atoms with E-state index in [4.69, 9.17) is 0 Å². The third-order valence-electron chi connectivity index (χ3n) is 6.24. The number of aliphatic hydroxyl groups is 1. The smallest absolute Gasteiger partial charge is 0.353 e. The number of thioether (sulfide) groups is 2. The summed E-state index contributed by atoms with van der Waals surface area (Å²) in [7, 11) is 1.77. The number of carbonyl (C=O) groups excluding carboxylic acids is 2. The first-order valence-corrected chi connectivity index (χ1v) is 12.5. The first kappa shape index (κ1) is 24.2. The van der Waals surface area contributed by atoms with Gasteiger partial charge in [-0.2, -0.15) is 0 Å². The fourth-order valence-electron chi connectivity index (χ4n) is 4.42.